The molecule has 2 atom stereocenters. The number of rotatable bonds is 10. The zero-order chi connectivity index (χ0) is 30.6. The van der Waals surface area contributed by atoms with Gasteiger partial charge in [0, 0.05) is 54.5 Å². The molecule has 0 bridgehead atoms. The normalized spacial score (nSPS) is 16.5. The van der Waals surface area contributed by atoms with Crippen molar-refractivity contribution >= 4 is 33.6 Å². The molecule has 226 valence electrons. The van der Waals surface area contributed by atoms with Gasteiger partial charge in [0.15, 0.2) is 5.76 Å². The number of para-hydroxylation sites is 1. The Balaban J connectivity index is 1.22. The summed E-state index contributed by atoms with van der Waals surface area (Å²) < 4.78 is 19.3. The number of carbonyl (C=O) groups excluding carboxylic acids is 2. The number of ether oxygens (including phenoxy) is 3. The minimum absolute atomic E-state index is 0.0276. The number of benzene rings is 3. The number of amides is 1. The third kappa shape index (κ3) is 6.10. The summed E-state index contributed by atoms with van der Waals surface area (Å²) in [4.78, 5) is 29.2. The smallest absolute Gasteiger partial charge is 0.286 e. The third-order valence-electron chi connectivity index (χ3n) is 8.06. The first-order chi connectivity index (χ1) is 21.4. The highest BCUT2D eigenvalue weighted by Gasteiger charge is 2.31. The molecule has 2 aromatic heterocycles. The number of allylic oxidation sites excluding steroid dienone is 1. The van der Waals surface area contributed by atoms with Crippen LogP contribution in [0.3, 0.4) is 0 Å². The van der Waals surface area contributed by atoms with Crippen LogP contribution < -0.4 is 10.1 Å². The molecule has 0 radical (unpaired) electrons. The number of aliphatic hydroxyl groups excluding tert-OH is 1. The van der Waals surface area contributed by atoms with Crippen LogP contribution in [0, 0.1) is 0 Å². The second-order valence-corrected chi connectivity index (χ2v) is 10.9. The molecule has 0 saturated heterocycles. The number of methoxy groups -OCH3 is 1. The van der Waals surface area contributed by atoms with Crippen molar-refractivity contribution in [2.24, 2.45) is 0 Å². The van der Waals surface area contributed by atoms with Gasteiger partial charge < -0.3 is 29.6 Å². The SMILES string of the molecule is COc1ccc2[nH]cc(CCNC(=O)C3=C[C@@H](c4cn(C(C)=O)c5ccccc45)C[C@@H](OCc4ccc(CO)cc4)O3)c2c1. The average Bonchev–Trinajstić information content (AvgIpc) is 3.65. The van der Waals surface area contributed by atoms with Crippen molar-refractivity contribution in [1.29, 1.82) is 0 Å². The Morgan fingerprint density at radius 2 is 1.86 bits per heavy atom. The van der Waals surface area contributed by atoms with Crippen molar-refractivity contribution in [1.82, 2.24) is 14.9 Å². The maximum atomic E-state index is 13.5. The van der Waals surface area contributed by atoms with E-state index in [-0.39, 0.29) is 36.7 Å². The van der Waals surface area contributed by atoms with E-state index in [0.717, 1.165) is 49.8 Å². The van der Waals surface area contributed by atoms with Crippen LogP contribution in [-0.4, -0.2) is 46.4 Å². The molecular weight excluding hydrogens is 558 g/mol. The summed E-state index contributed by atoms with van der Waals surface area (Å²) >= 11 is 0. The second-order valence-electron chi connectivity index (χ2n) is 10.9. The van der Waals surface area contributed by atoms with Gasteiger partial charge in [-0.25, -0.2) is 0 Å². The molecular formula is C35H35N3O6. The number of carbonyl (C=O) groups is 2. The monoisotopic (exact) mass is 593 g/mol. The number of nitrogens with zero attached hydrogens (tertiary/aromatic N) is 1. The number of hydrogen-bond acceptors (Lipinski definition) is 6. The van der Waals surface area contributed by atoms with Crippen LogP contribution in [0.5, 0.6) is 5.75 Å². The largest absolute Gasteiger partial charge is 0.497 e. The minimum atomic E-state index is -0.691. The Labute approximate surface area is 255 Å². The van der Waals surface area contributed by atoms with Crippen LogP contribution in [0.15, 0.2) is 91.0 Å². The first-order valence-corrected chi connectivity index (χ1v) is 14.7. The van der Waals surface area contributed by atoms with E-state index in [1.807, 2.05) is 85.2 Å². The molecule has 3 N–H and O–H groups in total. The number of aromatic nitrogens is 2. The summed E-state index contributed by atoms with van der Waals surface area (Å²) in [7, 11) is 1.64. The number of nitrogens with one attached hydrogen (secondary N) is 2. The van der Waals surface area contributed by atoms with E-state index in [0.29, 0.717) is 19.4 Å². The zero-order valence-corrected chi connectivity index (χ0v) is 24.7. The van der Waals surface area contributed by atoms with E-state index < -0.39 is 6.29 Å². The standard InChI is InChI=1S/C35H35N3O6/c1-22(40)38-19-30(28-5-3-4-6-32(28)38)26-15-33(44-34(16-26)43-21-24-9-7-23(20-39)8-10-24)35(41)36-14-13-25-18-37-31-12-11-27(42-2)17-29(25)31/h3-12,15,17-19,26,34,37,39H,13-14,16,20-21H2,1-2H3,(H,36,41)/t26-,34+/m1/s1. The van der Waals surface area contributed by atoms with Crippen molar-refractivity contribution in [3.63, 3.8) is 0 Å². The van der Waals surface area contributed by atoms with Gasteiger partial charge in [-0.1, -0.05) is 42.5 Å². The Kier molecular flexibility index (Phi) is 8.49. The van der Waals surface area contributed by atoms with E-state index in [2.05, 4.69) is 10.3 Å². The van der Waals surface area contributed by atoms with Gasteiger partial charge in [-0.3, -0.25) is 14.2 Å². The second kappa shape index (κ2) is 12.8. The van der Waals surface area contributed by atoms with Gasteiger partial charge in [-0.05, 0) is 59.0 Å². The van der Waals surface area contributed by atoms with Gasteiger partial charge in [-0.2, -0.15) is 0 Å². The van der Waals surface area contributed by atoms with E-state index in [9.17, 15) is 14.7 Å². The molecule has 1 aliphatic heterocycles. The molecule has 0 unspecified atom stereocenters. The zero-order valence-electron chi connectivity index (χ0n) is 24.7. The number of aliphatic hydroxyl groups is 1. The third-order valence-corrected chi connectivity index (χ3v) is 8.06. The van der Waals surface area contributed by atoms with Crippen molar-refractivity contribution in [2.75, 3.05) is 13.7 Å². The summed E-state index contributed by atoms with van der Waals surface area (Å²) in [6.45, 7) is 2.19. The van der Waals surface area contributed by atoms with Gasteiger partial charge in [0.2, 0.25) is 12.2 Å². The summed E-state index contributed by atoms with van der Waals surface area (Å²) in [5.74, 6) is 0.314. The molecule has 9 heteroatoms. The topological polar surface area (TPSA) is 115 Å². The predicted molar refractivity (Wildman–Crippen MR) is 167 cm³/mol. The molecule has 0 spiro atoms. The Bertz CT molecular complexity index is 1830. The average molecular weight is 594 g/mol. The van der Waals surface area contributed by atoms with Gasteiger partial charge in [0.05, 0.1) is 25.8 Å². The fourth-order valence-electron chi connectivity index (χ4n) is 5.72. The predicted octanol–water partition coefficient (Wildman–Crippen LogP) is 5.57. The number of H-pyrrole nitrogens is 1. The summed E-state index contributed by atoms with van der Waals surface area (Å²) in [5, 5.41) is 14.4. The number of hydrogen-bond donors (Lipinski definition) is 3. The summed E-state index contributed by atoms with van der Waals surface area (Å²) in [5.41, 5.74) is 5.56. The maximum Gasteiger partial charge on any atom is 0.286 e. The highest BCUT2D eigenvalue weighted by atomic mass is 16.7. The number of aromatic amines is 1. The molecule has 0 fully saturated rings. The molecule has 3 heterocycles. The molecule has 1 aliphatic rings. The Hall–Kier alpha value is -4.86. The van der Waals surface area contributed by atoms with Crippen LogP contribution in [-0.2, 0) is 33.9 Å². The van der Waals surface area contributed by atoms with Gasteiger partial charge >= 0.3 is 0 Å². The molecule has 9 nitrogen and oxygen atoms in total. The molecule has 1 amide bonds. The van der Waals surface area contributed by atoms with Crippen molar-refractivity contribution in [3.8, 4) is 5.75 Å². The molecule has 6 rings (SSSR count). The van der Waals surface area contributed by atoms with E-state index in [4.69, 9.17) is 14.2 Å². The molecule has 0 saturated carbocycles. The molecule has 0 aliphatic carbocycles. The lowest BCUT2D eigenvalue weighted by Gasteiger charge is -2.29. The van der Waals surface area contributed by atoms with E-state index in [1.54, 1.807) is 11.7 Å². The lowest BCUT2D eigenvalue weighted by atomic mass is 9.92. The summed E-state index contributed by atoms with van der Waals surface area (Å²) in [6.07, 6.45) is 6.02. The maximum absolute atomic E-state index is 13.5. The van der Waals surface area contributed by atoms with Gasteiger partial charge in [-0.15, -0.1) is 0 Å². The van der Waals surface area contributed by atoms with Crippen LogP contribution in [0.25, 0.3) is 21.8 Å². The van der Waals surface area contributed by atoms with Crippen LogP contribution in [0.2, 0.25) is 0 Å². The highest BCUT2D eigenvalue weighted by Crippen LogP contribution is 2.37. The summed E-state index contributed by atoms with van der Waals surface area (Å²) in [6, 6.07) is 21.1. The van der Waals surface area contributed by atoms with Crippen molar-refractivity contribution in [2.45, 2.75) is 45.2 Å². The van der Waals surface area contributed by atoms with Crippen molar-refractivity contribution in [3.05, 3.63) is 113 Å². The first kappa shape index (κ1) is 29.2. The lowest BCUT2D eigenvalue weighted by molar-refractivity contribution is -0.150. The van der Waals surface area contributed by atoms with Crippen LogP contribution >= 0.6 is 0 Å². The first-order valence-electron chi connectivity index (χ1n) is 14.7. The van der Waals surface area contributed by atoms with Crippen LogP contribution in [0.1, 0.15) is 46.3 Å². The van der Waals surface area contributed by atoms with Gasteiger partial charge in [0.25, 0.3) is 5.91 Å². The Morgan fingerprint density at radius 1 is 1.07 bits per heavy atom. The fraction of sp³-hybridized carbons (Fsp3) is 0.257. The number of fused-ring (bicyclic) bond motifs is 2. The quantitative estimate of drug-likeness (QED) is 0.195. The molecule has 3 aromatic carbocycles. The van der Waals surface area contributed by atoms with Crippen LogP contribution in [0.4, 0.5) is 0 Å². The van der Waals surface area contributed by atoms with E-state index >= 15 is 0 Å². The highest BCUT2D eigenvalue weighted by molar-refractivity contribution is 5.95. The van der Waals surface area contributed by atoms with Gasteiger partial charge in [0.1, 0.15) is 5.75 Å². The molecule has 5 aromatic rings. The van der Waals surface area contributed by atoms with Crippen molar-refractivity contribution < 1.29 is 28.9 Å². The lowest BCUT2D eigenvalue weighted by Crippen LogP contribution is -2.33. The Morgan fingerprint density at radius 3 is 2.64 bits per heavy atom. The van der Waals surface area contributed by atoms with E-state index in [1.165, 1.54) is 6.92 Å². The molecule has 44 heavy (non-hydrogen) atoms. The minimum Gasteiger partial charge on any atom is -0.497 e. The fourth-order valence-corrected chi connectivity index (χ4v) is 5.72.